The monoisotopic (exact) mass is 422 g/mol. The lowest BCUT2D eigenvalue weighted by Crippen LogP contribution is -2.59. The molecule has 6 atom stereocenters. The van der Waals surface area contributed by atoms with E-state index in [-0.39, 0.29) is 28.5 Å². The van der Waals surface area contributed by atoms with Crippen LogP contribution in [0.15, 0.2) is 42.5 Å². The molecule has 0 heterocycles. The maximum atomic E-state index is 13.4. The number of carbonyl (C=O) groups excluding carboxylic acids is 2. The van der Waals surface area contributed by atoms with Crippen LogP contribution in [0.1, 0.15) is 70.8 Å². The molecule has 2 bridgehead atoms. The summed E-state index contributed by atoms with van der Waals surface area (Å²) in [5.74, 6) is 0.302. The number of carbonyl (C=O) groups is 2. The van der Waals surface area contributed by atoms with E-state index in [1.165, 1.54) is 0 Å². The SMILES string of the molecule is C=C1C(=O)[C@@]2(O)CC[C@@H]3[C@@]1(CCC1[C@](C)(C(=O)OCc4ccccc4)CCC[C@]13C)C2. The van der Waals surface area contributed by atoms with Crippen molar-refractivity contribution < 1.29 is 19.4 Å². The van der Waals surface area contributed by atoms with Gasteiger partial charge in [0.1, 0.15) is 12.2 Å². The van der Waals surface area contributed by atoms with Crippen molar-refractivity contribution in [2.45, 2.75) is 77.4 Å². The third-order valence-corrected chi connectivity index (χ3v) is 9.75. The smallest absolute Gasteiger partial charge is 0.312 e. The standard InChI is InChI=1S/C27H34O4/c1-18-22(28)27(30)15-11-21-24(2)12-7-13-25(3,20(24)10-14-26(18,21)17-27)23(29)31-16-19-8-5-4-6-9-19/h4-6,8-9,20-21,30H,1,7,10-17H2,2-3H3/t20?,21-,24+,25+,26-,27+/m0/s1. The number of esters is 1. The lowest BCUT2D eigenvalue weighted by Gasteiger charge is -2.63. The zero-order valence-electron chi connectivity index (χ0n) is 18.8. The van der Waals surface area contributed by atoms with Crippen LogP contribution in [0.5, 0.6) is 0 Å². The van der Waals surface area contributed by atoms with Crippen LogP contribution < -0.4 is 0 Å². The first-order valence-corrected chi connectivity index (χ1v) is 11.8. The van der Waals surface area contributed by atoms with Crippen LogP contribution in [-0.2, 0) is 20.9 Å². The van der Waals surface area contributed by atoms with E-state index in [1.54, 1.807) is 0 Å². The summed E-state index contributed by atoms with van der Waals surface area (Å²) in [5, 5.41) is 11.0. The average molecular weight is 423 g/mol. The van der Waals surface area contributed by atoms with Gasteiger partial charge in [0.25, 0.3) is 0 Å². The fourth-order valence-corrected chi connectivity index (χ4v) is 8.30. The topological polar surface area (TPSA) is 63.6 Å². The Bertz CT molecular complexity index is 938. The molecule has 0 amide bonds. The summed E-state index contributed by atoms with van der Waals surface area (Å²) in [4.78, 5) is 26.3. The Hall–Kier alpha value is -1.94. The van der Waals surface area contributed by atoms with E-state index < -0.39 is 11.0 Å². The van der Waals surface area contributed by atoms with Gasteiger partial charge in [0, 0.05) is 5.41 Å². The van der Waals surface area contributed by atoms with E-state index in [2.05, 4.69) is 20.4 Å². The molecule has 0 aromatic heterocycles. The normalized spacial score (nSPS) is 43.8. The zero-order chi connectivity index (χ0) is 22.1. The number of ether oxygens (including phenoxy) is 1. The van der Waals surface area contributed by atoms with Crippen LogP contribution in [0.4, 0.5) is 0 Å². The molecule has 4 heteroatoms. The third kappa shape index (κ3) is 2.76. The van der Waals surface area contributed by atoms with Crippen molar-refractivity contribution in [2.24, 2.45) is 28.1 Å². The molecule has 4 saturated carbocycles. The molecule has 5 rings (SSSR count). The van der Waals surface area contributed by atoms with Gasteiger partial charge < -0.3 is 9.84 Å². The van der Waals surface area contributed by atoms with Gasteiger partial charge >= 0.3 is 5.97 Å². The molecule has 4 fully saturated rings. The highest BCUT2D eigenvalue weighted by atomic mass is 16.5. The van der Waals surface area contributed by atoms with Crippen LogP contribution in [0.25, 0.3) is 0 Å². The average Bonchev–Trinajstić information content (AvgIpc) is 2.89. The van der Waals surface area contributed by atoms with Crippen molar-refractivity contribution in [3.05, 3.63) is 48.0 Å². The highest BCUT2D eigenvalue weighted by Gasteiger charge is 2.70. The van der Waals surface area contributed by atoms with Gasteiger partial charge in [0.15, 0.2) is 5.78 Å². The Morgan fingerprint density at radius 3 is 2.55 bits per heavy atom. The minimum Gasteiger partial charge on any atom is -0.460 e. The van der Waals surface area contributed by atoms with Gasteiger partial charge in [0.2, 0.25) is 0 Å². The molecule has 166 valence electrons. The molecule has 4 aliphatic carbocycles. The molecule has 1 aromatic carbocycles. The third-order valence-electron chi connectivity index (χ3n) is 9.75. The molecule has 31 heavy (non-hydrogen) atoms. The number of fused-ring (bicyclic) bond motifs is 3. The van der Waals surface area contributed by atoms with Crippen LogP contribution in [-0.4, -0.2) is 22.5 Å². The Morgan fingerprint density at radius 2 is 1.81 bits per heavy atom. The second-order valence-corrected chi connectivity index (χ2v) is 11.2. The van der Waals surface area contributed by atoms with E-state index in [0.717, 1.165) is 44.1 Å². The molecule has 1 aromatic rings. The maximum Gasteiger partial charge on any atom is 0.312 e. The van der Waals surface area contributed by atoms with E-state index in [4.69, 9.17) is 4.74 Å². The summed E-state index contributed by atoms with van der Waals surface area (Å²) in [6, 6.07) is 9.85. The second-order valence-electron chi connectivity index (χ2n) is 11.2. The minimum atomic E-state index is -1.20. The van der Waals surface area contributed by atoms with Gasteiger partial charge in [-0.2, -0.15) is 0 Å². The molecule has 4 nitrogen and oxygen atoms in total. The molecule has 1 N–H and O–H groups in total. The fraction of sp³-hybridized carbons (Fsp3) is 0.630. The first-order valence-electron chi connectivity index (χ1n) is 11.8. The minimum absolute atomic E-state index is 0.0497. The first kappa shape index (κ1) is 20.9. The first-order chi connectivity index (χ1) is 14.7. The van der Waals surface area contributed by atoms with Crippen molar-refractivity contribution in [3.8, 4) is 0 Å². The van der Waals surface area contributed by atoms with Gasteiger partial charge in [-0.1, -0.05) is 50.3 Å². The largest absolute Gasteiger partial charge is 0.460 e. The van der Waals surface area contributed by atoms with Gasteiger partial charge in [-0.05, 0) is 80.3 Å². The Morgan fingerprint density at radius 1 is 1.10 bits per heavy atom. The Kier molecular flexibility index (Phi) is 4.58. The summed E-state index contributed by atoms with van der Waals surface area (Å²) < 4.78 is 5.86. The number of rotatable bonds is 3. The highest BCUT2D eigenvalue weighted by Crippen LogP contribution is 2.72. The van der Waals surface area contributed by atoms with Gasteiger partial charge in [-0.3, -0.25) is 9.59 Å². The lowest BCUT2D eigenvalue weighted by atomic mass is 9.40. The second kappa shape index (κ2) is 6.78. The predicted molar refractivity (Wildman–Crippen MR) is 118 cm³/mol. The molecule has 1 spiro atoms. The summed E-state index contributed by atoms with van der Waals surface area (Å²) in [6.07, 6.45) is 6.51. The number of hydrogen-bond acceptors (Lipinski definition) is 4. The van der Waals surface area contributed by atoms with Crippen LogP contribution in [0.2, 0.25) is 0 Å². The summed E-state index contributed by atoms with van der Waals surface area (Å²) in [6.45, 7) is 8.95. The van der Waals surface area contributed by atoms with E-state index in [9.17, 15) is 14.7 Å². The molecular formula is C27H34O4. The zero-order valence-corrected chi connectivity index (χ0v) is 18.8. The molecule has 0 radical (unpaired) electrons. The van der Waals surface area contributed by atoms with Crippen molar-refractivity contribution >= 4 is 11.8 Å². The fourth-order valence-electron chi connectivity index (χ4n) is 8.30. The quantitative estimate of drug-likeness (QED) is 0.550. The van der Waals surface area contributed by atoms with Crippen molar-refractivity contribution in [1.29, 1.82) is 0 Å². The number of hydrogen-bond donors (Lipinski definition) is 1. The molecule has 0 aliphatic heterocycles. The number of Topliss-reactive ketones (excluding diaryl/α,β-unsaturated/α-hetero) is 1. The summed E-state index contributed by atoms with van der Waals surface area (Å²) >= 11 is 0. The van der Waals surface area contributed by atoms with E-state index >= 15 is 0 Å². The van der Waals surface area contributed by atoms with Crippen molar-refractivity contribution in [3.63, 3.8) is 0 Å². The van der Waals surface area contributed by atoms with E-state index in [0.29, 0.717) is 30.9 Å². The molecule has 4 aliphatic rings. The Balaban J connectivity index is 1.43. The van der Waals surface area contributed by atoms with Gasteiger partial charge in [-0.25, -0.2) is 0 Å². The number of aliphatic hydroxyl groups is 1. The van der Waals surface area contributed by atoms with Crippen molar-refractivity contribution in [1.82, 2.24) is 0 Å². The molecule has 1 unspecified atom stereocenters. The lowest BCUT2D eigenvalue weighted by molar-refractivity contribution is -0.188. The predicted octanol–water partition coefficient (Wildman–Crippen LogP) is 4.99. The van der Waals surface area contributed by atoms with Crippen LogP contribution >= 0.6 is 0 Å². The summed E-state index contributed by atoms with van der Waals surface area (Å²) in [5.41, 5.74) is -0.401. The van der Waals surface area contributed by atoms with Crippen molar-refractivity contribution in [2.75, 3.05) is 0 Å². The Labute approximate surface area is 185 Å². The summed E-state index contributed by atoms with van der Waals surface area (Å²) in [7, 11) is 0. The molecule has 0 saturated heterocycles. The van der Waals surface area contributed by atoms with E-state index in [1.807, 2.05) is 30.3 Å². The number of ketones is 1. The van der Waals surface area contributed by atoms with Gasteiger partial charge in [0.05, 0.1) is 5.41 Å². The molecular weight excluding hydrogens is 388 g/mol. The highest BCUT2D eigenvalue weighted by molar-refractivity contribution is 6.05. The van der Waals surface area contributed by atoms with Gasteiger partial charge in [-0.15, -0.1) is 0 Å². The maximum absolute atomic E-state index is 13.4. The van der Waals surface area contributed by atoms with Crippen LogP contribution in [0.3, 0.4) is 0 Å². The van der Waals surface area contributed by atoms with Crippen LogP contribution in [0, 0.1) is 28.1 Å². The number of benzene rings is 1.